The summed E-state index contributed by atoms with van der Waals surface area (Å²) in [5.41, 5.74) is 2.25. The van der Waals surface area contributed by atoms with Crippen LogP contribution in [0.1, 0.15) is 11.1 Å². The van der Waals surface area contributed by atoms with Gasteiger partial charge in [0.2, 0.25) is 0 Å². The van der Waals surface area contributed by atoms with Crippen LogP contribution < -0.4 is 9.47 Å². The number of hydrogen-bond donors (Lipinski definition) is 0. The van der Waals surface area contributed by atoms with Gasteiger partial charge in [0, 0.05) is 21.7 Å². The van der Waals surface area contributed by atoms with Gasteiger partial charge in [-0.05, 0) is 52.2 Å². The summed E-state index contributed by atoms with van der Waals surface area (Å²) in [4.78, 5) is 5.15. The second-order valence-electron chi connectivity index (χ2n) is 7.66. The minimum Gasteiger partial charge on any atom is -0.493 e. The summed E-state index contributed by atoms with van der Waals surface area (Å²) in [6.45, 7) is 3.12. The van der Waals surface area contributed by atoms with Gasteiger partial charge in [-0.15, -0.1) is 34.0 Å². The molecule has 8 heteroatoms. The number of thiophene rings is 3. The highest BCUT2D eigenvalue weighted by Crippen LogP contribution is 2.42. The molecule has 1 aromatic carbocycles. The zero-order valence-corrected chi connectivity index (χ0v) is 22.9. The van der Waals surface area contributed by atoms with E-state index in [1.54, 1.807) is 36.9 Å². The lowest BCUT2D eigenvalue weighted by molar-refractivity contribution is 0.0178. The molecule has 3 aromatic heterocycles. The Balaban J connectivity index is 1.40. The van der Waals surface area contributed by atoms with Crippen molar-refractivity contribution in [1.82, 2.24) is 0 Å². The van der Waals surface area contributed by atoms with Crippen LogP contribution in [0, 0.1) is 0 Å². The summed E-state index contributed by atoms with van der Waals surface area (Å²) >= 11 is 5.37. The molecule has 3 heterocycles. The average molecular weight is 543 g/mol. The van der Waals surface area contributed by atoms with Crippen LogP contribution in [0.15, 0.2) is 59.3 Å². The van der Waals surface area contributed by atoms with Crippen molar-refractivity contribution in [3.05, 3.63) is 70.4 Å². The molecule has 0 amide bonds. The largest absolute Gasteiger partial charge is 0.493 e. The SMILES string of the molecule is COCCOCCOCCOc1cc(/C=C/c2cc(-c3cccs3)sc2-c2cccs2)ccc1OC. The fraction of sp³-hybridized carbons (Fsp3) is 0.286. The second kappa shape index (κ2) is 14.3. The number of methoxy groups -OCH3 is 2. The summed E-state index contributed by atoms with van der Waals surface area (Å²) < 4.78 is 27.4. The molecule has 0 saturated heterocycles. The molecule has 0 radical (unpaired) electrons. The van der Waals surface area contributed by atoms with Gasteiger partial charge in [-0.25, -0.2) is 0 Å². The summed E-state index contributed by atoms with van der Waals surface area (Å²) in [7, 11) is 3.30. The van der Waals surface area contributed by atoms with E-state index in [2.05, 4.69) is 53.2 Å². The van der Waals surface area contributed by atoms with Crippen molar-refractivity contribution < 1.29 is 23.7 Å². The molecule has 0 unspecified atom stereocenters. The smallest absolute Gasteiger partial charge is 0.161 e. The van der Waals surface area contributed by atoms with E-state index in [1.165, 1.54) is 25.1 Å². The molecule has 36 heavy (non-hydrogen) atoms. The first-order valence-electron chi connectivity index (χ1n) is 11.6. The Morgan fingerprint density at radius 2 is 1.42 bits per heavy atom. The van der Waals surface area contributed by atoms with E-state index in [9.17, 15) is 0 Å². The lowest BCUT2D eigenvalue weighted by Gasteiger charge is -2.12. The van der Waals surface area contributed by atoms with E-state index < -0.39 is 0 Å². The van der Waals surface area contributed by atoms with Gasteiger partial charge in [-0.3, -0.25) is 0 Å². The van der Waals surface area contributed by atoms with E-state index in [0.717, 1.165) is 5.56 Å². The van der Waals surface area contributed by atoms with Crippen LogP contribution in [0.3, 0.4) is 0 Å². The van der Waals surface area contributed by atoms with Gasteiger partial charge < -0.3 is 23.7 Å². The number of hydrogen-bond acceptors (Lipinski definition) is 8. The first-order valence-corrected chi connectivity index (χ1v) is 14.2. The van der Waals surface area contributed by atoms with Crippen molar-refractivity contribution in [2.75, 3.05) is 53.9 Å². The van der Waals surface area contributed by atoms with Crippen LogP contribution in [0.25, 0.3) is 31.7 Å². The van der Waals surface area contributed by atoms with Crippen LogP contribution in [0.4, 0.5) is 0 Å². The van der Waals surface area contributed by atoms with E-state index >= 15 is 0 Å². The Labute approximate surface area is 224 Å². The molecule has 0 aliphatic heterocycles. The highest BCUT2D eigenvalue weighted by molar-refractivity contribution is 7.26. The molecule has 0 fully saturated rings. The molecule has 0 saturated carbocycles. The minimum atomic E-state index is 0.429. The van der Waals surface area contributed by atoms with Gasteiger partial charge in [0.1, 0.15) is 6.61 Å². The Hall–Kier alpha value is -2.46. The zero-order chi connectivity index (χ0) is 25.0. The normalized spacial score (nSPS) is 11.4. The van der Waals surface area contributed by atoms with Gasteiger partial charge in [0.05, 0.1) is 45.0 Å². The van der Waals surface area contributed by atoms with Crippen molar-refractivity contribution in [1.29, 1.82) is 0 Å². The standard InChI is InChI=1S/C28H30O5S3/c1-29-11-12-31-13-14-32-15-16-33-24-19-21(8-10-23(24)30-2)7-9-22-20-27(25-5-3-17-34-25)36-28(22)26-6-4-18-35-26/h3-10,17-20H,11-16H2,1-2H3/b9-7+. The predicted molar refractivity (Wildman–Crippen MR) is 152 cm³/mol. The topological polar surface area (TPSA) is 46.2 Å². The fourth-order valence-electron chi connectivity index (χ4n) is 3.44. The monoisotopic (exact) mass is 542 g/mol. The van der Waals surface area contributed by atoms with Crippen molar-refractivity contribution in [3.63, 3.8) is 0 Å². The van der Waals surface area contributed by atoms with Crippen molar-refractivity contribution in [3.8, 4) is 31.0 Å². The summed E-state index contributed by atoms with van der Waals surface area (Å²) in [6, 6.07) is 16.8. The molecule has 5 nitrogen and oxygen atoms in total. The van der Waals surface area contributed by atoms with Crippen LogP contribution in [-0.4, -0.2) is 53.9 Å². The number of ether oxygens (including phenoxy) is 5. The van der Waals surface area contributed by atoms with E-state index in [-0.39, 0.29) is 0 Å². The number of rotatable bonds is 15. The van der Waals surface area contributed by atoms with E-state index in [1.807, 2.05) is 29.5 Å². The molecule has 4 aromatic rings. The molecule has 0 aliphatic carbocycles. The lowest BCUT2D eigenvalue weighted by Crippen LogP contribution is -2.12. The molecule has 190 valence electrons. The highest BCUT2D eigenvalue weighted by Gasteiger charge is 2.12. The van der Waals surface area contributed by atoms with Crippen molar-refractivity contribution in [2.45, 2.75) is 0 Å². The maximum Gasteiger partial charge on any atom is 0.161 e. The maximum absolute atomic E-state index is 5.96. The average Bonchev–Trinajstić information content (AvgIpc) is 3.68. The number of benzene rings is 1. The Kier molecular flexibility index (Phi) is 10.6. The predicted octanol–water partition coefficient (Wildman–Crippen LogP) is 7.44. The fourth-order valence-corrected chi connectivity index (χ4v) is 6.29. The molecule has 0 N–H and O–H groups in total. The summed E-state index contributed by atoms with van der Waals surface area (Å²) in [5.74, 6) is 1.40. The third kappa shape index (κ3) is 7.52. The third-order valence-electron chi connectivity index (χ3n) is 5.20. The minimum absolute atomic E-state index is 0.429. The quantitative estimate of drug-likeness (QED) is 0.146. The first-order chi connectivity index (χ1) is 17.8. The molecule has 0 bridgehead atoms. The molecule has 0 aliphatic rings. The van der Waals surface area contributed by atoms with Gasteiger partial charge in [-0.1, -0.05) is 30.4 Å². The maximum atomic E-state index is 5.96. The Morgan fingerprint density at radius 3 is 2.11 bits per heavy atom. The second-order valence-corrected chi connectivity index (χ2v) is 10.6. The van der Waals surface area contributed by atoms with Gasteiger partial charge in [0.25, 0.3) is 0 Å². The lowest BCUT2D eigenvalue weighted by atomic mass is 10.1. The molecule has 0 spiro atoms. The van der Waals surface area contributed by atoms with Gasteiger partial charge >= 0.3 is 0 Å². The molecule has 4 rings (SSSR count). The van der Waals surface area contributed by atoms with Crippen molar-refractivity contribution in [2.24, 2.45) is 0 Å². The Morgan fingerprint density at radius 1 is 0.694 bits per heavy atom. The van der Waals surface area contributed by atoms with Gasteiger partial charge in [-0.2, -0.15) is 0 Å². The van der Waals surface area contributed by atoms with E-state index in [4.69, 9.17) is 23.7 Å². The van der Waals surface area contributed by atoms with Crippen LogP contribution in [0.2, 0.25) is 0 Å². The zero-order valence-electron chi connectivity index (χ0n) is 20.4. The van der Waals surface area contributed by atoms with Gasteiger partial charge in [0.15, 0.2) is 11.5 Å². The molecular weight excluding hydrogens is 513 g/mol. The molecular formula is C28H30O5S3. The summed E-state index contributed by atoms with van der Waals surface area (Å²) in [6.07, 6.45) is 4.30. The van der Waals surface area contributed by atoms with Crippen molar-refractivity contribution >= 4 is 46.2 Å². The highest BCUT2D eigenvalue weighted by atomic mass is 32.1. The van der Waals surface area contributed by atoms with Crippen LogP contribution in [-0.2, 0) is 14.2 Å². The molecule has 0 atom stereocenters. The first kappa shape index (κ1) is 26.6. The van der Waals surface area contributed by atoms with E-state index in [0.29, 0.717) is 51.1 Å². The Bertz CT molecular complexity index is 1200. The third-order valence-corrected chi connectivity index (χ3v) is 8.47. The summed E-state index contributed by atoms with van der Waals surface area (Å²) in [5, 5.41) is 4.24. The van der Waals surface area contributed by atoms with Crippen LogP contribution >= 0.6 is 34.0 Å². The van der Waals surface area contributed by atoms with Crippen LogP contribution in [0.5, 0.6) is 11.5 Å².